The first-order chi connectivity index (χ1) is 11.8. The van der Waals surface area contributed by atoms with Crippen LogP contribution in [0.25, 0.3) is 0 Å². The molecule has 2 aromatic carbocycles. The van der Waals surface area contributed by atoms with E-state index in [0.717, 1.165) is 11.1 Å². The number of aliphatic carboxylic acids is 1. The van der Waals surface area contributed by atoms with Crippen LogP contribution in [0.5, 0.6) is 0 Å². The van der Waals surface area contributed by atoms with Crippen LogP contribution >= 0.6 is 39.1 Å². The zero-order chi connectivity index (χ0) is 18.2. The molecule has 2 unspecified atom stereocenters. The third-order valence-corrected chi connectivity index (χ3v) is 6.14. The van der Waals surface area contributed by atoms with Gasteiger partial charge in [0.15, 0.2) is 0 Å². The summed E-state index contributed by atoms with van der Waals surface area (Å²) in [6, 6.07) is 12.3. The number of hydrogen-bond donors (Lipinski definition) is 2. The van der Waals surface area contributed by atoms with E-state index in [0.29, 0.717) is 15.7 Å². The summed E-state index contributed by atoms with van der Waals surface area (Å²) in [7, 11) is 0. The van der Waals surface area contributed by atoms with E-state index in [1.807, 2.05) is 6.07 Å². The van der Waals surface area contributed by atoms with Crippen molar-refractivity contribution in [3.8, 4) is 0 Å². The van der Waals surface area contributed by atoms with Crippen molar-refractivity contribution in [1.29, 1.82) is 0 Å². The van der Waals surface area contributed by atoms with Crippen molar-refractivity contribution in [1.82, 2.24) is 0 Å². The van der Waals surface area contributed by atoms with E-state index < -0.39 is 16.2 Å². The first kappa shape index (κ1) is 18.2. The fourth-order valence-corrected chi connectivity index (χ4v) is 4.51. The summed E-state index contributed by atoms with van der Waals surface area (Å²) in [6.45, 7) is 0. The first-order valence-electron chi connectivity index (χ1n) is 7.60. The molecule has 0 saturated heterocycles. The van der Waals surface area contributed by atoms with Crippen molar-refractivity contribution >= 4 is 56.7 Å². The largest absolute Gasteiger partial charge is 0.481 e. The summed E-state index contributed by atoms with van der Waals surface area (Å²) in [4.78, 5) is 24.0. The summed E-state index contributed by atoms with van der Waals surface area (Å²) in [5, 5.41) is 13.0. The molecule has 0 bridgehead atoms. The third kappa shape index (κ3) is 3.41. The lowest BCUT2D eigenvalue weighted by molar-refractivity contribution is -0.137. The number of carboxylic acids is 1. The molecule has 1 amide bonds. The lowest BCUT2D eigenvalue weighted by Crippen LogP contribution is -2.35. The molecule has 0 fully saturated rings. The van der Waals surface area contributed by atoms with Crippen molar-refractivity contribution in [2.75, 3.05) is 5.32 Å². The zero-order valence-electron chi connectivity index (χ0n) is 12.9. The number of carbonyl (C=O) groups is 2. The van der Waals surface area contributed by atoms with Crippen molar-refractivity contribution in [3.63, 3.8) is 0 Å². The Morgan fingerprint density at radius 1 is 1.20 bits per heavy atom. The minimum absolute atomic E-state index is 0.0687. The Morgan fingerprint density at radius 3 is 2.60 bits per heavy atom. The molecule has 0 aliphatic carbocycles. The number of rotatable bonds is 5. The van der Waals surface area contributed by atoms with E-state index in [4.69, 9.17) is 28.3 Å². The molecular formula is C18H14BrCl2NO3. The van der Waals surface area contributed by atoms with Crippen LogP contribution in [-0.4, -0.2) is 17.0 Å². The number of benzene rings is 2. The Bertz CT molecular complexity index is 858. The van der Waals surface area contributed by atoms with Gasteiger partial charge in [-0.25, -0.2) is 0 Å². The molecule has 3 rings (SSSR count). The number of carboxylic acid groups (broad SMARTS) is 1. The van der Waals surface area contributed by atoms with Crippen LogP contribution in [-0.2, 0) is 13.9 Å². The Hall–Kier alpha value is -1.56. The Kier molecular flexibility index (Phi) is 5.09. The predicted molar refractivity (Wildman–Crippen MR) is 102 cm³/mol. The topological polar surface area (TPSA) is 66.4 Å². The Labute approximate surface area is 163 Å². The number of nitrogens with one attached hydrogen (secondary N) is 1. The molecule has 0 spiro atoms. The summed E-state index contributed by atoms with van der Waals surface area (Å²) in [5.41, 5.74) is 2.15. The average Bonchev–Trinajstić information content (AvgIpc) is 2.78. The van der Waals surface area contributed by atoms with Gasteiger partial charge in [-0.3, -0.25) is 9.59 Å². The number of fused-ring (bicyclic) bond motifs is 1. The van der Waals surface area contributed by atoms with Gasteiger partial charge in [0.1, 0.15) is 4.32 Å². The van der Waals surface area contributed by atoms with Crippen LogP contribution < -0.4 is 5.32 Å². The highest BCUT2D eigenvalue weighted by Gasteiger charge is 2.51. The van der Waals surface area contributed by atoms with Gasteiger partial charge in [0.2, 0.25) is 5.91 Å². The first-order valence-corrected chi connectivity index (χ1v) is 9.15. The predicted octanol–water partition coefficient (Wildman–Crippen LogP) is 5.18. The summed E-state index contributed by atoms with van der Waals surface area (Å²) in [6.07, 6.45) is 0.206. The van der Waals surface area contributed by atoms with Crippen molar-refractivity contribution < 1.29 is 14.7 Å². The lowest BCUT2D eigenvalue weighted by Gasteiger charge is -2.31. The standard InChI is InChI=1S/C18H14BrCl2NO3/c19-18(14-5-4-12(21)9-15(14)22-17(18)25)13(6-7-16(23)24)10-2-1-3-11(20)8-10/h1-5,8-9,13H,6-7H2,(H,22,25)(H,23,24). The molecule has 2 aromatic rings. The second kappa shape index (κ2) is 6.98. The normalized spacial score (nSPS) is 20.0. The molecule has 1 heterocycles. The van der Waals surface area contributed by atoms with Crippen molar-refractivity contribution in [3.05, 3.63) is 63.6 Å². The maximum atomic E-state index is 12.8. The smallest absolute Gasteiger partial charge is 0.303 e. The van der Waals surface area contributed by atoms with E-state index >= 15 is 0 Å². The summed E-state index contributed by atoms with van der Waals surface area (Å²) < 4.78 is -1.09. The van der Waals surface area contributed by atoms with Crippen LogP contribution in [0.4, 0.5) is 5.69 Å². The molecule has 4 nitrogen and oxygen atoms in total. The van der Waals surface area contributed by atoms with Gasteiger partial charge in [-0.2, -0.15) is 0 Å². The number of anilines is 1. The van der Waals surface area contributed by atoms with Gasteiger partial charge in [0.05, 0.1) is 0 Å². The number of alkyl halides is 1. The van der Waals surface area contributed by atoms with Gasteiger partial charge in [0, 0.05) is 33.6 Å². The number of amides is 1. The van der Waals surface area contributed by atoms with Gasteiger partial charge in [0.25, 0.3) is 0 Å². The van der Waals surface area contributed by atoms with E-state index in [1.54, 1.807) is 36.4 Å². The van der Waals surface area contributed by atoms with E-state index in [-0.39, 0.29) is 18.7 Å². The maximum absolute atomic E-state index is 12.8. The minimum atomic E-state index is -1.09. The second-order valence-electron chi connectivity index (χ2n) is 5.90. The van der Waals surface area contributed by atoms with Crippen molar-refractivity contribution in [2.24, 2.45) is 0 Å². The van der Waals surface area contributed by atoms with Crippen LogP contribution in [0.3, 0.4) is 0 Å². The zero-order valence-corrected chi connectivity index (χ0v) is 16.0. The van der Waals surface area contributed by atoms with Crippen LogP contribution in [0.15, 0.2) is 42.5 Å². The summed E-state index contributed by atoms with van der Waals surface area (Å²) >= 11 is 15.8. The molecule has 0 saturated carbocycles. The Morgan fingerprint density at radius 2 is 1.92 bits per heavy atom. The van der Waals surface area contributed by atoms with Crippen LogP contribution in [0.2, 0.25) is 10.0 Å². The highest BCUT2D eigenvalue weighted by Crippen LogP contribution is 2.53. The van der Waals surface area contributed by atoms with Gasteiger partial charge < -0.3 is 10.4 Å². The van der Waals surface area contributed by atoms with E-state index in [9.17, 15) is 9.59 Å². The van der Waals surface area contributed by atoms with Gasteiger partial charge in [-0.05, 0) is 36.2 Å². The quantitative estimate of drug-likeness (QED) is 0.626. The van der Waals surface area contributed by atoms with Crippen molar-refractivity contribution in [2.45, 2.75) is 23.1 Å². The fourth-order valence-electron chi connectivity index (χ4n) is 3.21. The molecule has 1 aliphatic heterocycles. The SMILES string of the molecule is O=C(O)CCC(c1cccc(Cl)c1)C1(Br)C(=O)Nc2cc(Cl)ccc21. The molecule has 7 heteroatoms. The molecule has 1 aliphatic rings. The molecule has 130 valence electrons. The number of carbonyl (C=O) groups excluding carboxylic acids is 1. The monoisotopic (exact) mass is 441 g/mol. The molecular weight excluding hydrogens is 429 g/mol. The molecule has 25 heavy (non-hydrogen) atoms. The molecule has 0 radical (unpaired) electrons. The second-order valence-corrected chi connectivity index (χ2v) is 8.02. The number of hydrogen-bond acceptors (Lipinski definition) is 2. The van der Waals surface area contributed by atoms with Gasteiger partial charge in [-0.1, -0.05) is 57.3 Å². The van der Waals surface area contributed by atoms with Crippen LogP contribution in [0, 0.1) is 0 Å². The fraction of sp³-hybridized carbons (Fsp3) is 0.222. The molecule has 2 atom stereocenters. The summed E-state index contributed by atoms with van der Waals surface area (Å²) in [5.74, 6) is -1.58. The average molecular weight is 443 g/mol. The molecule has 0 aromatic heterocycles. The highest BCUT2D eigenvalue weighted by molar-refractivity contribution is 9.10. The minimum Gasteiger partial charge on any atom is -0.481 e. The molecule has 2 N–H and O–H groups in total. The maximum Gasteiger partial charge on any atom is 0.303 e. The van der Waals surface area contributed by atoms with Crippen LogP contribution in [0.1, 0.15) is 29.9 Å². The Balaban J connectivity index is 2.12. The van der Waals surface area contributed by atoms with Gasteiger partial charge >= 0.3 is 5.97 Å². The number of halogens is 3. The lowest BCUT2D eigenvalue weighted by atomic mass is 9.79. The van der Waals surface area contributed by atoms with Gasteiger partial charge in [-0.15, -0.1) is 0 Å². The van der Waals surface area contributed by atoms with E-state index in [1.165, 1.54) is 0 Å². The highest BCUT2D eigenvalue weighted by atomic mass is 79.9. The third-order valence-electron chi connectivity index (χ3n) is 4.33. The van der Waals surface area contributed by atoms with E-state index in [2.05, 4.69) is 21.2 Å².